The average molecular weight is 1130 g/mol. The molecule has 7 nitrogen and oxygen atoms in total. The van der Waals surface area contributed by atoms with Crippen LogP contribution in [0.3, 0.4) is 0 Å². The second-order valence-electron chi connectivity index (χ2n) is 13.2. The Kier molecular flexibility index (Phi) is 22.4. The molecule has 2 bridgehead atoms. The van der Waals surface area contributed by atoms with Crippen molar-refractivity contribution < 1.29 is 32.8 Å². The molecule has 2 heterocycles. The Morgan fingerprint density at radius 1 is 0.804 bits per heavy atom. The van der Waals surface area contributed by atoms with Crippen molar-refractivity contribution in [3.05, 3.63) is 11.1 Å². The van der Waals surface area contributed by atoms with Gasteiger partial charge in [0.05, 0.1) is 27.3 Å². The summed E-state index contributed by atoms with van der Waals surface area (Å²) in [5, 5.41) is 0. The molecule has 1 spiro atoms. The van der Waals surface area contributed by atoms with E-state index in [1.54, 1.807) is 0 Å². The Bertz CT molecular complexity index is 1300. The van der Waals surface area contributed by atoms with E-state index in [1.165, 1.54) is 5.57 Å². The molecule has 3 fully saturated rings. The minimum atomic E-state index is -1.15. The maximum absolute atomic E-state index is 14.2. The predicted octanol–water partition coefficient (Wildman–Crippen LogP) is 16.6. The van der Waals surface area contributed by atoms with Gasteiger partial charge in [0.25, 0.3) is 0 Å². The fourth-order valence-corrected chi connectivity index (χ4v) is 170. The molecular weight excluding hydrogens is 1080 g/mol. The molecule has 1 saturated carbocycles. The van der Waals surface area contributed by atoms with E-state index in [4.69, 9.17) is 23.3 Å². The van der Waals surface area contributed by atoms with E-state index in [-0.39, 0.29) is 31.3 Å². The first kappa shape index (κ1) is 51.9. The Morgan fingerprint density at radius 2 is 1.39 bits per heavy atom. The number of hydrogen-bond donors (Lipinski definition) is 0. The molecule has 0 aromatic heterocycles. The van der Waals surface area contributed by atoms with E-state index in [0.717, 1.165) is 18.4 Å². The van der Waals surface area contributed by atoms with Gasteiger partial charge in [-0.3, -0.25) is 4.79 Å². The van der Waals surface area contributed by atoms with Crippen LogP contribution in [0, 0.1) is 16.7 Å². The van der Waals surface area contributed by atoms with Crippen molar-refractivity contribution in [2.75, 3.05) is 0 Å². The molecular formula is C21H53O7P23. The van der Waals surface area contributed by atoms with Crippen LogP contribution in [0.5, 0.6) is 0 Å². The van der Waals surface area contributed by atoms with Crippen LogP contribution in [0.4, 0.5) is 4.79 Å². The average Bonchev–Trinajstić information content (AvgIpc) is 3.45. The third-order valence-corrected chi connectivity index (χ3v) is 128. The first-order valence-corrected chi connectivity index (χ1v) is 55.8. The molecule has 4 aliphatic rings. The number of hydrogen-bond acceptors (Lipinski definition) is 7. The van der Waals surface area contributed by atoms with Gasteiger partial charge >= 0.3 is 12.1 Å². The van der Waals surface area contributed by atoms with Crippen LogP contribution in [0.25, 0.3) is 0 Å². The van der Waals surface area contributed by atoms with Crippen molar-refractivity contribution in [2.45, 2.75) is 90.3 Å². The van der Waals surface area contributed by atoms with E-state index < -0.39 is 98.6 Å². The van der Waals surface area contributed by atoms with Crippen LogP contribution >= 0.6 is 186 Å². The molecule has 4 rings (SSSR count). The Morgan fingerprint density at radius 3 is 1.88 bits per heavy atom. The summed E-state index contributed by atoms with van der Waals surface area (Å²) < 4.78 is 34.4. The Balaban J connectivity index is 2.03. The molecule has 17 unspecified atom stereocenters. The number of cyclic esters (lactones) is 1. The molecule has 0 radical (unpaired) electrons. The van der Waals surface area contributed by atoms with E-state index in [1.807, 2.05) is 0 Å². The van der Waals surface area contributed by atoms with Gasteiger partial charge in [-0.15, -0.1) is 98.2 Å². The number of carbonyl (C=O) groups excluding carboxylic acids is 2. The number of carbonyl (C=O) groups is 2. The molecule has 2 aliphatic heterocycles. The largest absolute Gasteiger partial charge is 0.509 e. The van der Waals surface area contributed by atoms with Crippen LogP contribution in [0.2, 0.25) is 0 Å². The van der Waals surface area contributed by atoms with Gasteiger partial charge in [-0.25, -0.2) is 4.79 Å². The lowest BCUT2D eigenvalue weighted by atomic mass is 9.51. The number of ether oxygens (including phenoxy) is 3. The highest BCUT2D eigenvalue weighted by Crippen LogP contribution is 3.18. The topological polar surface area (TPSA) is 80.3 Å². The van der Waals surface area contributed by atoms with Gasteiger partial charge in [-0.2, -0.15) is 0 Å². The second kappa shape index (κ2) is 22.0. The first-order chi connectivity index (χ1) is 23.6. The van der Waals surface area contributed by atoms with Gasteiger partial charge in [0.1, 0.15) is 12.0 Å². The molecule has 2 saturated heterocycles. The summed E-state index contributed by atoms with van der Waals surface area (Å²) >= 11 is 0. The normalized spacial score (nSPS) is 34.6. The van der Waals surface area contributed by atoms with Crippen LogP contribution in [0.15, 0.2) is 11.1 Å². The fourth-order valence-electron chi connectivity index (χ4n) is 7.73. The van der Waals surface area contributed by atoms with Crippen molar-refractivity contribution in [3.8, 4) is 0 Å². The van der Waals surface area contributed by atoms with Gasteiger partial charge in [0.2, 0.25) is 0 Å². The minimum absolute atomic E-state index is 0.293. The lowest BCUT2D eigenvalue weighted by Crippen LogP contribution is -2.65. The predicted molar refractivity (Wildman–Crippen MR) is 290 cm³/mol. The van der Waals surface area contributed by atoms with E-state index in [2.05, 4.69) is 142 Å². The zero-order chi connectivity index (χ0) is 38.5. The monoisotopic (exact) mass is 1130 g/mol. The van der Waals surface area contributed by atoms with Gasteiger partial charge in [0, 0.05) is 38.2 Å². The highest BCUT2D eigenvalue weighted by Gasteiger charge is 2.74. The maximum atomic E-state index is 14.2. The molecule has 2 aliphatic carbocycles. The lowest BCUT2D eigenvalue weighted by molar-refractivity contribution is -0.156. The summed E-state index contributed by atoms with van der Waals surface area (Å²) in [6, 6.07) is 0. The summed E-state index contributed by atoms with van der Waals surface area (Å²) in [6.07, 6.45) is 0.170. The van der Waals surface area contributed by atoms with Crippen molar-refractivity contribution >= 4 is 198 Å². The van der Waals surface area contributed by atoms with Crippen LogP contribution in [-0.4, -0.2) is 42.1 Å². The standard InChI is InChI=1S/C21H53O7P23/c1-6-7-13-20(5)8-12(28-42(44(30)31)50(41-29)46(34)35)14-10(2)11(27-43(49(40)45(32)33)51(47(36)37)48(38)39)9-21(19(14,3)4)16(25-18(23)26-21)15(20)17(22)24-13/h11-13,15-16,41H,6-9,29-40H2,1-5H3/t11-,12+,13-,15+,16-,20+,21+,42?,43?,49?,50?/m0/s1. The quantitative estimate of drug-likeness (QED) is 0.0918. The van der Waals surface area contributed by atoms with Crippen molar-refractivity contribution in [3.63, 3.8) is 0 Å². The smallest absolute Gasteiger partial charge is 0.461 e. The molecule has 24 atom stereocenters. The zero-order valence-corrected chi connectivity index (χ0v) is 52.8. The number of rotatable bonds is 15. The van der Waals surface area contributed by atoms with Crippen molar-refractivity contribution in [1.29, 1.82) is 0 Å². The van der Waals surface area contributed by atoms with E-state index >= 15 is 0 Å². The molecule has 0 amide bonds. The SMILES string of the molecule is CCC[C@@H]1OC(=O)[C@H]2[C@@H]3OC(=O)O[C@]34C[C@H](OP(P(P)P(P)P)P(P(P)P)P(P)P)C(C)=C([C@H](OP(P(P)P)P(PP)P(P)P)C[C@]12C)C4(C)C. The summed E-state index contributed by atoms with van der Waals surface area (Å²) in [6.45, 7) is 7.36. The lowest BCUT2D eigenvalue weighted by Gasteiger charge is -2.57. The third kappa shape index (κ3) is 11.0. The molecule has 294 valence electrons. The van der Waals surface area contributed by atoms with Crippen LogP contribution < -0.4 is 0 Å². The van der Waals surface area contributed by atoms with Gasteiger partial charge in [-0.05, 0) is 65.8 Å². The summed E-state index contributed by atoms with van der Waals surface area (Å²) in [5.41, 5.74) is -0.148. The molecule has 0 N–H and O–H groups in total. The van der Waals surface area contributed by atoms with Gasteiger partial charge in [-0.1, -0.05) is 51.0 Å². The van der Waals surface area contributed by atoms with E-state index in [0.29, 0.717) is 20.8 Å². The third-order valence-electron chi connectivity index (χ3n) is 9.95. The summed E-state index contributed by atoms with van der Waals surface area (Å²) in [7, 11) is 36.1. The molecule has 30 heteroatoms. The van der Waals surface area contributed by atoms with E-state index in [9.17, 15) is 9.59 Å². The summed E-state index contributed by atoms with van der Waals surface area (Å²) in [5.74, 6) is -0.974. The Labute approximate surface area is 346 Å². The maximum Gasteiger partial charge on any atom is 0.509 e. The van der Waals surface area contributed by atoms with Gasteiger partial charge in [0.15, 0.2) is 11.7 Å². The van der Waals surface area contributed by atoms with Crippen LogP contribution in [-0.2, 0) is 28.1 Å². The fraction of sp³-hybridized carbons (Fsp3) is 0.810. The zero-order valence-electron chi connectivity index (χ0n) is 29.0. The summed E-state index contributed by atoms with van der Waals surface area (Å²) in [4.78, 5) is 27.8. The van der Waals surface area contributed by atoms with Crippen molar-refractivity contribution in [1.82, 2.24) is 0 Å². The highest BCUT2D eigenvalue weighted by molar-refractivity contribution is 9.19. The van der Waals surface area contributed by atoms with Crippen LogP contribution in [0.1, 0.15) is 60.3 Å². The molecule has 51 heavy (non-hydrogen) atoms. The Hall–Kier alpha value is 8.29. The number of esters is 1. The number of fused-ring (bicyclic) bond motifs is 3. The van der Waals surface area contributed by atoms with Crippen molar-refractivity contribution in [2.24, 2.45) is 16.7 Å². The van der Waals surface area contributed by atoms with Gasteiger partial charge < -0.3 is 23.3 Å². The molecule has 0 aromatic carbocycles. The first-order valence-electron chi connectivity index (χ1n) is 15.4. The minimum Gasteiger partial charge on any atom is -0.461 e. The highest BCUT2D eigenvalue weighted by atomic mass is 33.2. The second-order valence-corrected chi connectivity index (χ2v) is 96.5. The molecule has 0 aromatic rings.